The highest BCUT2D eigenvalue weighted by Gasteiger charge is 2.28. The molecule has 0 bridgehead atoms. The largest absolute Gasteiger partial charge is 0.313 e. The van der Waals surface area contributed by atoms with Crippen LogP contribution in [0.5, 0.6) is 0 Å². The van der Waals surface area contributed by atoms with Crippen molar-refractivity contribution in [3.63, 3.8) is 0 Å². The van der Waals surface area contributed by atoms with E-state index in [9.17, 15) is 9.59 Å². The van der Waals surface area contributed by atoms with Crippen LogP contribution in [-0.2, 0) is 16.1 Å². The second kappa shape index (κ2) is 5.78. The van der Waals surface area contributed by atoms with Crippen LogP contribution >= 0.6 is 0 Å². The summed E-state index contributed by atoms with van der Waals surface area (Å²) in [6, 6.07) is 7.53. The molecule has 2 heterocycles. The summed E-state index contributed by atoms with van der Waals surface area (Å²) in [4.78, 5) is 28.3. The molecule has 0 atom stereocenters. The summed E-state index contributed by atoms with van der Waals surface area (Å²) in [7, 11) is 1.75. The molecule has 2 aliphatic rings. The van der Waals surface area contributed by atoms with E-state index in [-0.39, 0.29) is 18.4 Å². The number of amides is 2. The third kappa shape index (κ3) is 2.68. The van der Waals surface area contributed by atoms with Gasteiger partial charge >= 0.3 is 0 Å². The Kier molecular flexibility index (Phi) is 3.59. The zero-order valence-corrected chi connectivity index (χ0v) is 13.7. The lowest BCUT2D eigenvalue weighted by Gasteiger charge is -2.23. The van der Waals surface area contributed by atoms with Gasteiger partial charge in [0.05, 0.1) is 17.6 Å². The van der Waals surface area contributed by atoms with Crippen molar-refractivity contribution in [1.82, 2.24) is 9.78 Å². The van der Waals surface area contributed by atoms with E-state index in [0.717, 1.165) is 11.4 Å². The number of para-hydroxylation sites is 2. The maximum Gasteiger partial charge on any atom is 0.248 e. The van der Waals surface area contributed by atoms with Gasteiger partial charge in [-0.05, 0) is 36.5 Å². The molecule has 0 N–H and O–H groups in total. The fourth-order valence-electron chi connectivity index (χ4n) is 3.18. The number of carbonyl (C=O) groups is 2. The zero-order chi connectivity index (χ0) is 16.7. The number of rotatable bonds is 3. The molecule has 6 nitrogen and oxygen atoms in total. The lowest BCUT2D eigenvalue weighted by molar-refractivity contribution is -0.119. The first-order valence-corrected chi connectivity index (χ1v) is 8.32. The summed E-state index contributed by atoms with van der Waals surface area (Å²) < 4.78 is 1.70. The summed E-state index contributed by atoms with van der Waals surface area (Å²) in [5.41, 5.74) is 2.77. The average Bonchev–Trinajstić information content (AvgIpc) is 3.35. The van der Waals surface area contributed by atoms with E-state index in [1.807, 2.05) is 36.7 Å². The molecule has 1 saturated carbocycles. The van der Waals surface area contributed by atoms with Crippen molar-refractivity contribution >= 4 is 23.2 Å². The van der Waals surface area contributed by atoms with Crippen LogP contribution in [0.2, 0.25) is 0 Å². The molecule has 24 heavy (non-hydrogen) atoms. The molecule has 1 aliphatic heterocycles. The number of benzene rings is 1. The monoisotopic (exact) mass is 324 g/mol. The third-order valence-corrected chi connectivity index (χ3v) is 4.76. The van der Waals surface area contributed by atoms with Crippen molar-refractivity contribution in [3.05, 3.63) is 42.2 Å². The van der Waals surface area contributed by atoms with Gasteiger partial charge in [-0.15, -0.1) is 0 Å². The van der Waals surface area contributed by atoms with Crippen LogP contribution in [0.4, 0.5) is 11.4 Å². The van der Waals surface area contributed by atoms with Crippen LogP contribution in [0.25, 0.3) is 0 Å². The van der Waals surface area contributed by atoms with Crippen LogP contribution in [0.1, 0.15) is 30.7 Å². The minimum absolute atomic E-state index is 0.0212. The number of hydrogen-bond acceptors (Lipinski definition) is 3. The summed E-state index contributed by atoms with van der Waals surface area (Å²) >= 11 is 0. The Bertz CT molecular complexity index is 794. The molecule has 124 valence electrons. The van der Waals surface area contributed by atoms with Gasteiger partial charge in [-0.2, -0.15) is 5.10 Å². The summed E-state index contributed by atoms with van der Waals surface area (Å²) in [6.07, 6.45) is 6.58. The predicted octanol–water partition coefficient (Wildman–Crippen LogP) is 2.16. The van der Waals surface area contributed by atoms with Crippen molar-refractivity contribution in [2.75, 3.05) is 23.4 Å². The van der Waals surface area contributed by atoms with Crippen molar-refractivity contribution in [1.29, 1.82) is 0 Å². The Hall–Kier alpha value is -2.63. The number of hydrogen-bond donors (Lipinski definition) is 0. The molecule has 1 aliphatic carbocycles. The van der Waals surface area contributed by atoms with Gasteiger partial charge in [0.15, 0.2) is 0 Å². The average molecular weight is 324 g/mol. The van der Waals surface area contributed by atoms with E-state index in [0.29, 0.717) is 18.9 Å². The molecule has 0 spiro atoms. The lowest BCUT2D eigenvalue weighted by Crippen LogP contribution is -2.34. The van der Waals surface area contributed by atoms with E-state index in [1.165, 1.54) is 18.4 Å². The number of anilines is 2. The van der Waals surface area contributed by atoms with Gasteiger partial charge in [0.1, 0.15) is 6.54 Å². The Morgan fingerprint density at radius 3 is 2.75 bits per heavy atom. The van der Waals surface area contributed by atoms with E-state index in [2.05, 4.69) is 5.10 Å². The first-order valence-electron chi connectivity index (χ1n) is 8.32. The van der Waals surface area contributed by atoms with Crippen LogP contribution < -0.4 is 9.80 Å². The van der Waals surface area contributed by atoms with E-state index < -0.39 is 0 Å². The molecule has 1 aromatic heterocycles. The molecule has 6 heteroatoms. The highest BCUT2D eigenvalue weighted by Crippen LogP contribution is 2.39. The second-order valence-electron chi connectivity index (χ2n) is 6.48. The first kappa shape index (κ1) is 14.9. The molecule has 2 amide bonds. The summed E-state index contributed by atoms with van der Waals surface area (Å²) in [5.74, 6) is 0.600. The van der Waals surface area contributed by atoms with Crippen LogP contribution in [0.3, 0.4) is 0 Å². The first-order chi connectivity index (χ1) is 11.6. The van der Waals surface area contributed by atoms with Gasteiger partial charge in [-0.25, -0.2) is 0 Å². The molecule has 2 aromatic rings. The normalized spacial score (nSPS) is 17.6. The van der Waals surface area contributed by atoms with Crippen LogP contribution in [-0.4, -0.2) is 35.2 Å². The molecule has 0 saturated heterocycles. The van der Waals surface area contributed by atoms with Gasteiger partial charge in [0.2, 0.25) is 11.8 Å². The summed E-state index contributed by atoms with van der Waals surface area (Å²) in [6.45, 7) is 0.592. The van der Waals surface area contributed by atoms with Crippen molar-refractivity contribution in [3.8, 4) is 0 Å². The highest BCUT2D eigenvalue weighted by molar-refractivity contribution is 6.04. The van der Waals surface area contributed by atoms with Gasteiger partial charge in [-0.1, -0.05) is 12.1 Å². The third-order valence-electron chi connectivity index (χ3n) is 4.76. The molecule has 0 radical (unpaired) electrons. The van der Waals surface area contributed by atoms with Crippen molar-refractivity contribution in [2.24, 2.45) is 0 Å². The number of carbonyl (C=O) groups excluding carboxylic acids is 2. The smallest absolute Gasteiger partial charge is 0.248 e. The second-order valence-corrected chi connectivity index (χ2v) is 6.48. The Labute approximate surface area is 140 Å². The van der Waals surface area contributed by atoms with Crippen LogP contribution in [0, 0.1) is 0 Å². The number of fused-ring (bicyclic) bond motifs is 1. The number of aromatic nitrogens is 2. The van der Waals surface area contributed by atoms with E-state index in [4.69, 9.17) is 0 Å². The standard InChI is InChI=1S/C18H20N4O2/c1-20-15-4-2-3-5-16(15)22(9-8-17(20)23)18(24)12-21-11-14(10-19-21)13-6-7-13/h2-5,10-11,13H,6-9,12H2,1H3. The molecule has 0 unspecified atom stereocenters. The fraction of sp³-hybridized carbons (Fsp3) is 0.389. The van der Waals surface area contributed by atoms with Crippen LogP contribution in [0.15, 0.2) is 36.7 Å². The molecule has 1 aromatic carbocycles. The van der Waals surface area contributed by atoms with Gasteiger partial charge in [-0.3, -0.25) is 14.3 Å². The lowest BCUT2D eigenvalue weighted by atomic mass is 10.2. The Morgan fingerprint density at radius 2 is 2.00 bits per heavy atom. The predicted molar refractivity (Wildman–Crippen MR) is 91.0 cm³/mol. The van der Waals surface area contributed by atoms with Gasteiger partial charge < -0.3 is 9.80 Å². The molecular weight excluding hydrogens is 304 g/mol. The quantitative estimate of drug-likeness (QED) is 0.869. The maximum atomic E-state index is 12.8. The molecular formula is C18H20N4O2. The molecule has 4 rings (SSSR count). The van der Waals surface area contributed by atoms with Crippen molar-refractivity contribution in [2.45, 2.75) is 31.7 Å². The van der Waals surface area contributed by atoms with Crippen molar-refractivity contribution < 1.29 is 9.59 Å². The number of nitrogens with zero attached hydrogens (tertiary/aromatic N) is 4. The van der Waals surface area contributed by atoms with E-state index >= 15 is 0 Å². The van der Waals surface area contributed by atoms with Gasteiger partial charge in [0.25, 0.3) is 0 Å². The van der Waals surface area contributed by atoms with Gasteiger partial charge in [0, 0.05) is 26.2 Å². The zero-order valence-electron chi connectivity index (χ0n) is 13.7. The maximum absolute atomic E-state index is 12.8. The Balaban J connectivity index is 1.58. The minimum Gasteiger partial charge on any atom is -0.313 e. The molecule has 1 fully saturated rings. The highest BCUT2D eigenvalue weighted by atomic mass is 16.2. The van der Waals surface area contributed by atoms with E-state index in [1.54, 1.807) is 21.5 Å². The topological polar surface area (TPSA) is 58.4 Å². The SMILES string of the molecule is CN1C(=O)CCN(C(=O)Cn2cc(C3CC3)cn2)c2ccccc21. The summed E-state index contributed by atoms with van der Waals surface area (Å²) in [5, 5.41) is 4.31. The fourth-order valence-corrected chi connectivity index (χ4v) is 3.18. The minimum atomic E-state index is -0.0454. The Morgan fingerprint density at radius 1 is 1.25 bits per heavy atom.